The van der Waals surface area contributed by atoms with Crippen LogP contribution in [-0.4, -0.2) is 40.0 Å². The van der Waals surface area contributed by atoms with Gasteiger partial charge in [-0.05, 0) is 23.3 Å². The van der Waals surface area contributed by atoms with E-state index in [4.69, 9.17) is 9.47 Å². The molecule has 0 aliphatic rings. The first-order valence-electron chi connectivity index (χ1n) is 9.22. The first-order valence-corrected chi connectivity index (χ1v) is 9.22. The number of nitrogens with zero attached hydrogens (tertiary/aromatic N) is 1. The molecule has 0 atom stereocenters. The maximum Gasteiger partial charge on any atom is 0.411 e. The summed E-state index contributed by atoms with van der Waals surface area (Å²) in [4.78, 5) is 4.19. The van der Waals surface area contributed by atoms with Gasteiger partial charge in [0.25, 0.3) is 0 Å². The normalized spacial score (nSPS) is 11.9. The molecule has 2 aromatic carbocycles. The molecule has 30 heavy (non-hydrogen) atoms. The summed E-state index contributed by atoms with van der Waals surface area (Å²) in [6.45, 7) is -0.331. The highest BCUT2D eigenvalue weighted by molar-refractivity contribution is 5.79. The zero-order valence-corrected chi connectivity index (χ0v) is 17.2. The fourth-order valence-electron chi connectivity index (χ4n) is 2.62. The van der Waals surface area contributed by atoms with E-state index in [0.717, 1.165) is 11.1 Å². The van der Waals surface area contributed by atoms with Crippen LogP contribution >= 0.6 is 0 Å². The van der Waals surface area contributed by atoms with Gasteiger partial charge in [0.05, 0.1) is 20.8 Å². The Labute approximate surface area is 174 Å². The molecule has 0 radical (unpaired) electrons. The summed E-state index contributed by atoms with van der Waals surface area (Å²) in [5.74, 6) is 2.02. The van der Waals surface area contributed by atoms with Gasteiger partial charge in [0.1, 0.15) is 18.1 Å². The standard InChI is InChI=1S/C21H26F3N3O3/c1-25-20(27-12-17-8-9-18(28-2)10-19(17)29-3)26-11-15-4-6-16(7-5-15)13-30-14-21(22,23)24/h4-10H,11-14H2,1-3H3,(H2,25,26,27). The second-order valence-corrected chi connectivity index (χ2v) is 6.38. The van der Waals surface area contributed by atoms with Gasteiger partial charge in [0, 0.05) is 31.8 Å². The zero-order valence-electron chi connectivity index (χ0n) is 17.2. The fourth-order valence-corrected chi connectivity index (χ4v) is 2.62. The predicted molar refractivity (Wildman–Crippen MR) is 109 cm³/mol. The third kappa shape index (κ3) is 7.82. The highest BCUT2D eigenvalue weighted by atomic mass is 19.4. The van der Waals surface area contributed by atoms with Gasteiger partial charge in [-0.25, -0.2) is 0 Å². The minimum Gasteiger partial charge on any atom is -0.497 e. The van der Waals surface area contributed by atoms with Crippen LogP contribution in [-0.2, 0) is 24.4 Å². The van der Waals surface area contributed by atoms with Crippen LogP contribution < -0.4 is 20.1 Å². The summed E-state index contributed by atoms with van der Waals surface area (Å²) >= 11 is 0. The molecule has 2 aromatic rings. The average Bonchev–Trinajstić information content (AvgIpc) is 2.74. The largest absolute Gasteiger partial charge is 0.497 e. The van der Waals surface area contributed by atoms with Crippen LogP contribution in [0.25, 0.3) is 0 Å². The molecule has 0 fully saturated rings. The monoisotopic (exact) mass is 425 g/mol. The van der Waals surface area contributed by atoms with E-state index in [-0.39, 0.29) is 6.61 Å². The van der Waals surface area contributed by atoms with E-state index >= 15 is 0 Å². The van der Waals surface area contributed by atoms with E-state index < -0.39 is 12.8 Å². The molecule has 0 saturated carbocycles. The number of hydrogen-bond acceptors (Lipinski definition) is 4. The number of benzene rings is 2. The van der Waals surface area contributed by atoms with Crippen molar-refractivity contribution < 1.29 is 27.4 Å². The number of guanidine groups is 1. The van der Waals surface area contributed by atoms with Gasteiger partial charge < -0.3 is 24.8 Å². The lowest BCUT2D eigenvalue weighted by atomic mass is 10.1. The van der Waals surface area contributed by atoms with Crippen molar-refractivity contribution in [2.75, 3.05) is 27.9 Å². The Bertz CT molecular complexity index is 824. The summed E-state index contributed by atoms with van der Waals surface area (Å²) < 4.78 is 51.6. The second kappa shape index (κ2) is 11.3. The molecule has 0 heterocycles. The van der Waals surface area contributed by atoms with Crippen LogP contribution in [0.3, 0.4) is 0 Å². The van der Waals surface area contributed by atoms with E-state index in [1.807, 2.05) is 30.3 Å². The number of rotatable bonds is 9. The lowest BCUT2D eigenvalue weighted by Gasteiger charge is -2.15. The highest BCUT2D eigenvalue weighted by Gasteiger charge is 2.27. The second-order valence-electron chi connectivity index (χ2n) is 6.38. The fraction of sp³-hybridized carbons (Fsp3) is 0.381. The number of aliphatic imine (C=N–C) groups is 1. The minimum atomic E-state index is -4.32. The highest BCUT2D eigenvalue weighted by Crippen LogP contribution is 2.24. The summed E-state index contributed by atoms with van der Waals surface area (Å²) in [6.07, 6.45) is -4.32. The van der Waals surface area contributed by atoms with Gasteiger partial charge in [0.15, 0.2) is 5.96 Å². The molecule has 0 amide bonds. The van der Waals surface area contributed by atoms with Crippen molar-refractivity contribution in [1.82, 2.24) is 10.6 Å². The van der Waals surface area contributed by atoms with Crippen molar-refractivity contribution in [2.45, 2.75) is 25.9 Å². The van der Waals surface area contributed by atoms with Gasteiger partial charge >= 0.3 is 6.18 Å². The van der Waals surface area contributed by atoms with Crippen molar-refractivity contribution >= 4 is 5.96 Å². The molecule has 0 aliphatic carbocycles. The SMILES string of the molecule is CN=C(NCc1ccc(COCC(F)(F)F)cc1)NCc1ccc(OC)cc1OC. The van der Waals surface area contributed by atoms with Crippen LogP contribution in [0.2, 0.25) is 0 Å². The van der Waals surface area contributed by atoms with Gasteiger partial charge in [-0.1, -0.05) is 24.3 Å². The van der Waals surface area contributed by atoms with Gasteiger partial charge in [-0.15, -0.1) is 0 Å². The number of halogens is 3. The lowest BCUT2D eigenvalue weighted by Crippen LogP contribution is -2.36. The van der Waals surface area contributed by atoms with E-state index in [0.29, 0.717) is 36.1 Å². The van der Waals surface area contributed by atoms with Crippen molar-refractivity contribution in [1.29, 1.82) is 0 Å². The molecule has 0 unspecified atom stereocenters. The predicted octanol–water partition coefficient (Wildman–Crippen LogP) is 3.65. The molecule has 0 aromatic heterocycles. The number of hydrogen-bond donors (Lipinski definition) is 2. The summed E-state index contributed by atoms with van der Waals surface area (Å²) in [5.41, 5.74) is 2.58. The molecule has 2 N–H and O–H groups in total. The maximum atomic E-state index is 12.1. The van der Waals surface area contributed by atoms with Crippen molar-refractivity contribution in [3.63, 3.8) is 0 Å². The molecule has 0 spiro atoms. The lowest BCUT2D eigenvalue weighted by molar-refractivity contribution is -0.176. The number of ether oxygens (including phenoxy) is 3. The van der Waals surface area contributed by atoms with Crippen LogP contribution in [0.15, 0.2) is 47.5 Å². The quantitative estimate of drug-likeness (QED) is 0.474. The van der Waals surface area contributed by atoms with Crippen LogP contribution in [0.5, 0.6) is 11.5 Å². The van der Waals surface area contributed by atoms with Gasteiger partial charge in [-0.2, -0.15) is 13.2 Å². The number of methoxy groups -OCH3 is 2. The molecule has 2 rings (SSSR count). The minimum absolute atomic E-state index is 0.0832. The van der Waals surface area contributed by atoms with Gasteiger partial charge in [-0.3, -0.25) is 4.99 Å². The summed E-state index contributed by atoms with van der Waals surface area (Å²) in [7, 11) is 4.87. The Kier molecular flexibility index (Phi) is 8.79. The third-order valence-electron chi connectivity index (χ3n) is 4.18. The van der Waals surface area contributed by atoms with Gasteiger partial charge in [0.2, 0.25) is 0 Å². The Morgan fingerprint density at radius 3 is 2.20 bits per heavy atom. The molecule has 0 aliphatic heterocycles. The van der Waals surface area contributed by atoms with E-state index in [1.165, 1.54) is 0 Å². The third-order valence-corrected chi connectivity index (χ3v) is 4.18. The first kappa shape index (κ1) is 23.3. The maximum absolute atomic E-state index is 12.1. The Hall–Kier alpha value is -2.94. The number of alkyl halides is 3. The van der Waals surface area contributed by atoms with Crippen LogP contribution in [0, 0.1) is 0 Å². The van der Waals surface area contributed by atoms with E-state index in [9.17, 15) is 13.2 Å². The molecular formula is C21H26F3N3O3. The van der Waals surface area contributed by atoms with Crippen molar-refractivity contribution in [3.8, 4) is 11.5 Å². The average molecular weight is 425 g/mol. The molecule has 9 heteroatoms. The smallest absolute Gasteiger partial charge is 0.411 e. The molecule has 0 bridgehead atoms. The van der Waals surface area contributed by atoms with E-state index in [2.05, 4.69) is 20.4 Å². The Morgan fingerprint density at radius 1 is 0.933 bits per heavy atom. The first-order chi connectivity index (χ1) is 14.3. The molecule has 0 saturated heterocycles. The van der Waals surface area contributed by atoms with Crippen molar-refractivity contribution in [3.05, 3.63) is 59.2 Å². The zero-order chi connectivity index (χ0) is 22.0. The van der Waals surface area contributed by atoms with Crippen LogP contribution in [0.1, 0.15) is 16.7 Å². The Morgan fingerprint density at radius 2 is 1.60 bits per heavy atom. The topological polar surface area (TPSA) is 64.1 Å². The van der Waals surface area contributed by atoms with Crippen LogP contribution in [0.4, 0.5) is 13.2 Å². The van der Waals surface area contributed by atoms with Crippen molar-refractivity contribution in [2.24, 2.45) is 4.99 Å². The molecular weight excluding hydrogens is 399 g/mol. The summed E-state index contributed by atoms with van der Waals surface area (Å²) in [5, 5.41) is 6.40. The number of nitrogens with one attached hydrogen (secondary N) is 2. The Balaban J connectivity index is 1.83. The molecule has 6 nitrogen and oxygen atoms in total. The van der Waals surface area contributed by atoms with E-state index in [1.54, 1.807) is 33.4 Å². The summed E-state index contributed by atoms with van der Waals surface area (Å²) in [6, 6.07) is 12.7. The molecule has 164 valence electrons.